The Balaban J connectivity index is 2.46. The summed E-state index contributed by atoms with van der Waals surface area (Å²) in [6, 6.07) is 0. The summed E-state index contributed by atoms with van der Waals surface area (Å²) < 4.78 is 28.4. The van der Waals surface area contributed by atoms with Gasteiger partial charge in [-0.15, -0.1) is 0 Å². The Morgan fingerprint density at radius 3 is 2.33 bits per heavy atom. The highest BCUT2D eigenvalue weighted by Crippen LogP contribution is 2.27. The zero-order chi connectivity index (χ0) is 15.5. The van der Waals surface area contributed by atoms with Crippen LogP contribution in [0.25, 0.3) is 0 Å². The average molecular weight is 304 g/mol. The first-order valence-electron chi connectivity index (χ1n) is 8.17. The van der Waals surface area contributed by atoms with Gasteiger partial charge in [-0.3, -0.25) is 0 Å². The summed E-state index contributed by atoms with van der Waals surface area (Å²) in [5.74, 6) is 0. The van der Waals surface area contributed by atoms with Gasteiger partial charge in [0.05, 0.1) is 12.7 Å². The quantitative estimate of drug-likeness (QED) is 0.519. The van der Waals surface area contributed by atoms with Gasteiger partial charge in [0.15, 0.2) is 6.29 Å². The fourth-order valence-electron chi connectivity index (χ4n) is 2.40. The molecule has 0 aromatic rings. The van der Waals surface area contributed by atoms with Crippen LogP contribution in [0, 0.1) is 0 Å². The first-order valence-corrected chi connectivity index (χ1v) is 8.17. The van der Waals surface area contributed by atoms with Gasteiger partial charge in [-0.2, -0.15) is 0 Å². The van der Waals surface area contributed by atoms with Crippen molar-refractivity contribution in [2.24, 2.45) is 0 Å². The van der Waals surface area contributed by atoms with E-state index in [2.05, 4.69) is 13.8 Å². The van der Waals surface area contributed by atoms with Crippen LogP contribution in [-0.4, -0.2) is 58.6 Å². The molecule has 1 fully saturated rings. The molecule has 1 aliphatic rings. The highest BCUT2D eigenvalue weighted by atomic mass is 16.7. The first kappa shape index (κ1) is 18.8. The summed E-state index contributed by atoms with van der Waals surface area (Å²) in [4.78, 5) is 0. The van der Waals surface area contributed by atoms with Crippen LogP contribution in [0.5, 0.6) is 0 Å². The van der Waals surface area contributed by atoms with Crippen LogP contribution in [0.3, 0.4) is 0 Å². The first-order chi connectivity index (χ1) is 10.3. The van der Waals surface area contributed by atoms with E-state index in [9.17, 15) is 0 Å². The van der Waals surface area contributed by atoms with Crippen LogP contribution in [0.2, 0.25) is 0 Å². The minimum absolute atomic E-state index is 0.0293. The van der Waals surface area contributed by atoms with Crippen molar-refractivity contribution in [1.29, 1.82) is 0 Å². The Bertz CT molecular complexity index is 237. The minimum Gasteiger partial charge on any atom is -0.379 e. The van der Waals surface area contributed by atoms with E-state index in [4.69, 9.17) is 23.7 Å². The molecule has 1 aliphatic heterocycles. The number of hydrogen-bond acceptors (Lipinski definition) is 5. The zero-order valence-electron chi connectivity index (χ0n) is 14.0. The van der Waals surface area contributed by atoms with Crippen molar-refractivity contribution in [3.8, 4) is 0 Å². The molecule has 0 amide bonds. The van der Waals surface area contributed by atoms with E-state index in [1.807, 2.05) is 0 Å². The lowest BCUT2D eigenvalue weighted by atomic mass is 10.1. The molecule has 126 valence electrons. The van der Waals surface area contributed by atoms with Gasteiger partial charge in [-0.05, 0) is 12.8 Å². The van der Waals surface area contributed by atoms with Crippen molar-refractivity contribution in [2.45, 2.75) is 70.6 Å². The topological polar surface area (TPSA) is 46.2 Å². The highest BCUT2D eigenvalue weighted by molar-refractivity contribution is 4.84. The Kier molecular flexibility index (Phi) is 10.2. The molecule has 1 heterocycles. The van der Waals surface area contributed by atoms with E-state index in [0.717, 1.165) is 45.3 Å². The Labute approximate surface area is 129 Å². The molecular weight excluding hydrogens is 272 g/mol. The predicted octanol–water partition coefficient (Wildman–Crippen LogP) is 2.76. The van der Waals surface area contributed by atoms with Gasteiger partial charge in [-0.25, -0.2) is 0 Å². The van der Waals surface area contributed by atoms with Gasteiger partial charge >= 0.3 is 0 Å². The van der Waals surface area contributed by atoms with Crippen molar-refractivity contribution in [3.05, 3.63) is 0 Å². The second-order valence-corrected chi connectivity index (χ2v) is 5.48. The van der Waals surface area contributed by atoms with Gasteiger partial charge in [-0.1, -0.05) is 26.7 Å². The summed E-state index contributed by atoms with van der Waals surface area (Å²) >= 11 is 0. The lowest BCUT2D eigenvalue weighted by Crippen LogP contribution is -2.34. The minimum atomic E-state index is -0.312. The largest absolute Gasteiger partial charge is 0.379 e. The molecule has 1 rings (SSSR count). The zero-order valence-corrected chi connectivity index (χ0v) is 14.0. The Morgan fingerprint density at radius 1 is 1.05 bits per heavy atom. The van der Waals surface area contributed by atoms with E-state index in [1.165, 1.54) is 0 Å². The molecule has 0 aliphatic carbocycles. The van der Waals surface area contributed by atoms with Gasteiger partial charge in [0, 0.05) is 33.9 Å². The number of rotatable bonds is 12. The SMILES string of the molecule is CCCCOC[C@@H](OCCCC)[C@@H]1C[C@@H](OC)C(OC)O1. The van der Waals surface area contributed by atoms with E-state index < -0.39 is 0 Å². The molecule has 0 saturated carbocycles. The molecule has 0 aromatic carbocycles. The van der Waals surface area contributed by atoms with Crippen molar-refractivity contribution in [2.75, 3.05) is 34.0 Å². The van der Waals surface area contributed by atoms with Gasteiger partial charge in [0.25, 0.3) is 0 Å². The Hall–Kier alpha value is -0.200. The second-order valence-electron chi connectivity index (χ2n) is 5.48. The molecule has 5 nitrogen and oxygen atoms in total. The van der Waals surface area contributed by atoms with E-state index in [-0.39, 0.29) is 24.6 Å². The van der Waals surface area contributed by atoms with Crippen molar-refractivity contribution < 1.29 is 23.7 Å². The van der Waals surface area contributed by atoms with Crippen molar-refractivity contribution in [1.82, 2.24) is 0 Å². The molecule has 0 radical (unpaired) electrons. The maximum Gasteiger partial charge on any atom is 0.183 e. The molecular formula is C16H32O5. The third kappa shape index (κ3) is 6.61. The lowest BCUT2D eigenvalue weighted by Gasteiger charge is -2.23. The van der Waals surface area contributed by atoms with Crippen LogP contribution >= 0.6 is 0 Å². The van der Waals surface area contributed by atoms with Crippen molar-refractivity contribution in [3.63, 3.8) is 0 Å². The van der Waals surface area contributed by atoms with E-state index in [0.29, 0.717) is 6.61 Å². The summed E-state index contributed by atoms with van der Waals surface area (Å²) in [7, 11) is 3.33. The molecule has 21 heavy (non-hydrogen) atoms. The maximum absolute atomic E-state index is 5.97. The van der Waals surface area contributed by atoms with Crippen LogP contribution in [-0.2, 0) is 23.7 Å². The molecule has 0 aromatic heterocycles. The molecule has 0 N–H and O–H groups in total. The van der Waals surface area contributed by atoms with Gasteiger partial charge in [0.1, 0.15) is 12.2 Å². The van der Waals surface area contributed by atoms with E-state index in [1.54, 1.807) is 14.2 Å². The standard InChI is InChI=1S/C16H32O5/c1-5-7-9-19-12-15(20-10-8-6-2)13-11-14(17-3)16(18-4)21-13/h13-16H,5-12H2,1-4H3/t13-,14+,15+,16?/m0/s1. The number of hydrogen-bond donors (Lipinski definition) is 0. The second kappa shape index (κ2) is 11.4. The summed E-state index contributed by atoms with van der Waals surface area (Å²) in [6.45, 7) is 6.40. The molecule has 4 atom stereocenters. The van der Waals surface area contributed by atoms with Crippen LogP contribution in [0.1, 0.15) is 46.0 Å². The molecule has 0 spiro atoms. The average Bonchev–Trinajstić information content (AvgIpc) is 2.93. The molecule has 1 saturated heterocycles. The van der Waals surface area contributed by atoms with Crippen LogP contribution < -0.4 is 0 Å². The highest BCUT2D eigenvalue weighted by Gasteiger charge is 2.40. The smallest absolute Gasteiger partial charge is 0.183 e. The van der Waals surface area contributed by atoms with Crippen LogP contribution in [0.15, 0.2) is 0 Å². The fraction of sp³-hybridized carbons (Fsp3) is 1.00. The third-order valence-electron chi connectivity index (χ3n) is 3.78. The van der Waals surface area contributed by atoms with E-state index >= 15 is 0 Å². The summed E-state index contributed by atoms with van der Waals surface area (Å²) in [5.41, 5.74) is 0. The number of ether oxygens (including phenoxy) is 5. The van der Waals surface area contributed by atoms with Gasteiger partial charge in [0.2, 0.25) is 0 Å². The normalized spacial score (nSPS) is 27.1. The van der Waals surface area contributed by atoms with Gasteiger partial charge < -0.3 is 23.7 Å². The molecule has 5 heteroatoms. The molecule has 0 bridgehead atoms. The number of methoxy groups -OCH3 is 2. The third-order valence-corrected chi connectivity index (χ3v) is 3.78. The monoisotopic (exact) mass is 304 g/mol. The number of unbranched alkanes of at least 4 members (excludes halogenated alkanes) is 2. The lowest BCUT2D eigenvalue weighted by molar-refractivity contribution is -0.179. The molecule has 1 unspecified atom stereocenters. The summed E-state index contributed by atoms with van der Waals surface area (Å²) in [5, 5.41) is 0. The van der Waals surface area contributed by atoms with Crippen LogP contribution in [0.4, 0.5) is 0 Å². The summed E-state index contributed by atoms with van der Waals surface area (Å²) in [6.07, 6.45) is 4.75. The fourth-order valence-corrected chi connectivity index (χ4v) is 2.40. The predicted molar refractivity (Wildman–Crippen MR) is 81.5 cm³/mol. The van der Waals surface area contributed by atoms with Crippen molar-refractivity contribution >= 4 is 0 Å². The Morgan fingerprint density at radius 2 is 1.76 bits per heavy atom. The maximum atomic E-state index is 5.97.